The smallest absolute Gasteiger partial charge is 0.325 e. The number of nitrogens with zero attached hydrogens (tertiary/aromatic N) is 3. The highest BCUT2D eigenvalue weighted by Gasteiger charge is 2.21. The van der Waals surface area contributed by atoms with Crippen molar-refractivity contribution in [1.82, 2.24) is 9.97 Å². The van der Waals surface area contributed by atoms with Crippen LogP contribution in [0.1, 0.15) is 0 Å². The van der Waals surface area contributed by atoms with Gasteiger partial charge < -0.3 is 14.8 Å². The lowest BCUT2D eigenvalue weighted by molar-refractivity contribution is -0.384. The van der Waals surface area contributed by atoms with Gasteiger partial charge in [0.2, 0.25) is 0 Å². The van der Waals surface area contributed by atoms with Gasteiger partial charge in [-0.05, 0) is 0 Å². The standard InChI is InChI=1S/C13H13N5O5/c1-22-10-5-8(9(18(20)21)6-11(10)23-2)16-13(19)17-12-7-14-3-4-15-12/h3-7H,1-2H3,(H2,15,16,17,19). The second-order valence-electron chi connectivity index (χ2n) is 4.15. The molecule has 0 saturated carbocycles. The number of urea groups is 1. The molecule has 0 aliphatic heterocycles. The molecule has 0 unspecified atom stereocenters. The van der Waals surface area contributed by atoms with Crippen LogP contribution < -0.4 is 20.1 Å². The molecule has 0 bridgehead atoms. The number of anilines is 2. The summed E-state index contributed by atoms with van der Waals surface area (Å²) < 4.78 is 10.1. The molecule has 23 heavy (non-hydrogen) atoms. The normalized spacial score (nSPS) is 9.83. The number of nitro benzene ring substituents is 1. The fraction of sp³-hybridized carbons (Fsp3) is 0.154. The summed E-state index contributed by atoms with van der Waals surface area (Å²) in [7, 11) is 2.74. The fourth-order valence-electron chi connectivity index (χ4n) is 1.75. The Morgan fingerprint density at radius 3 is 2.43 bits per heavy atom. The maximum Gasteiger partial charge on any atom is 0.325 e. The van der Waals surface area contributed by atoms with E-state index in [4.69, 9.17) is 9.47 Å². The summed E-state index contributed by atoms with van der Waals surface area (Å²) in [6.07, 6.45) is 4.18. The molecule has 1 aromatic heterocycles. The third-order valence-corrected chi connectivity index (χ3v) is 2.75. The minimum Gasteiger partial charge on any atom is -0.493 e. The van der Waals surface area contributed by atoms with E-state index in [1.807, 2.05) is 0 Å². The topological polar surface area (TPSA) is 129 Å². The van der Waals surface area contributed by atoms with Crippen molar-refractivity contribution in [2.45, 2.75) is 0 Å². The van der Waals surface area contributed by atoms with Crippen LogP contribution in [0.3, 0.4) is 0 Å². The first-order valence-corrected chi connectivity index (χ1v) is 6.29. The van der Waals surface area contributed by atoms with Crippen LogP contribution in [-0.2, 0) is 0 Å². The Morgan fingerprint density at radius 1 is 1.17 bits per heavy atom. The summed E-state index contributed by atoms with van der Waals surface area (Å²) in [5.74, 6) is 0.625. The number of ether oxygens (including phenoxy) is 2. The molecule has 0 atom stereocenters. The van der Waals surface area contributed by atoms with E-state index in [9.17, 15) is 14.9 Å². The number of hydrogen-bond donors (Lipinski definition) is 2. The highest BCUT2D eigenvalue weighted by molar-refractivity contribution is 6.00. The quantitative estimate of drug-likeness (QED) is 0.637. The van der Waals surface area contributed by atoms with Gasteiger partial charge in [0.1, 0.15) is 5.69 Å². The van der Waals surface area contributed by atoms with Crippen molar-refractivity contribution in [1.29, 1.82) is 0 Å². The molecule has 0 aliphatic rings. The molecule has 2 amide bonds. The summed E-state index contributed by atoms with van der Waals surface area (Å²) in [4.78, 5) is 30.1. The van der Waals surface area contributed by atoms with E-state index < -0.39 is 11.0 Å². The number of carbonyl (C=O) groups is 1. The predicted octanol–water partition coefficient (Wildman–Crippen LogP) is 2.05. The van der Waals surface area contributed by atoms with E-state index in [1.165, 1.54) is 38.9 Å². The molecule has 0 spiro atoms. The largest absolute Gasteiger partial charge is 0.493 e. The first-order valence-electron chi connectivity index (χ1n) is 6.29. The number of rotatable bonds is 5. The molecule has 2 rings (SSSR count). The van der Waals surface area contributed by atoms with Crippen LogP contribution in [0.4, 0.5) is 22.0 Å². The number of methoxy groups -OCH3 is 2. The van der Waals surface area contributed by atoms with Crippen molar-refractivity contribution in [3.8, 4) is 11.5 Å². The summed E-state index contributed by atoms with van der Waals surface area (Å²) in [5, 5.41) is 15.9. The monoisotopic (exact) mass is 319 g/mol. The maximum absolute atomic E-state index is 11.9. The van der Waals surface area contributed by atoms with Gasteiger partial charge >= 0.3 is 6.03 Å². The van der Waals surface area contributed by atoms with Crippen LogP contribution in [0, 0.1) is 10.1 Å². The lowest BCUT2D eigenvalue weighted by Crippen LogP contribution is -2.20. The lowest BCUT2D eigenvalue weighted by Gasteiger charge is -2.11. The number of nitrogens with one attached hydrogen (secondary N) is 2. The van der Waals surface area contributed by atoms with Crippen LogP contribution in [0.5, 0.6) is 11.5 Å². The Balaban J connectivity index is 2.27. The SMILES string of the molecule is COc1cc(NC(=O)Nc2cnccn2)c([N+](=O)[O-])cc1OC. The predicted molar refractivity (Wildman–Crippen MR) is 80.9 cm³/mol. The van der Waals surface area contributed by atoms with Gasteiger partial charge in [0.05, 0.1) is 31.4 Å². The van der Waals surface area contributed by atoms with Crippen molar-refractivity contribution in [3.05, 3.63) is 40.8 Å². The molecule has 2 aromatic rings. The van der Waals surface area contributed by atoms with Crippen molar-refractivity contribution in [3.63, 3.8) is 0 Å². The number of aromatic nitrogens is 2. The fourth-order valence-corrected chi connectivity index (χ4v) is 1.75. The van der Waals surface area contributed by atoms with Gasteiger partial charge in [0.25, 0.3) is 5.69 Å². The van der Waals surface area contributed by atoms with Gasteiger partial charge in [-0.25, -0.2) is 9.78 Å². The van der Waals surface area contributed by atoms with E-state index >= 15 is 0 Å². The highest BCUT2D eigenvalue weighted by Crippen LogP contribution is 2.37. The third-order valence-electron chi connectivity index (χ3n) is 2.75. The zero-order valence-corrected chi connectivity index (χ0v) is 12.3. The summed E-state index contributed by atoms with van der Waals surface area (Å²) >= 11 is 0. The Morgan fingerprint density at radius 2 is 1.87 bits per heavy atom. The summed E-state index contributed by atoms with van der Waals surface area (Å²) in [5.41, 5.74) is -0.383. The Kier molecular flexibility index (Phi) is 4.87. The molecule has 10 heteroatoms. The van der Waals surface area contributed by atoms with E-state index in [-0.39, 0.29) is 28.7 Å². The second-order valence-corrected chi connectivity index (χ2v) is 4.15. The van der Waals surface area contributed by atoms with Crippen molar-refractivity contribution in [2.24, 2.45) is 0 Å². The molecule has 0 aliphatic carbocycles. The Hall–Kier alpha value is -3.43. The first kappa shape index (κ1) is 15.9. The van der Waals surface area contributed by atoms with Crippen LogP contribution in [0.2, 0.25) is 0 Å². The van der Waals surface area contributed by atoms with E-state index in [1.54, 1.807) is 0 Å². The summed E-state index contributed by atoms with van der Waals surface area (Å²) in [6.45, 7) is 0. The molecule has 0 fully saturated rings. The molecule has 120 valence electrons. The van der Waals surface area contributed by atoms with Crippen LogP contribution >= 0.6 is 0 Å². The average Bonchev–Trinajstić information content (AvgIpc) is 2.54. The van der Waals surface area contributed by atoms with Gasteiger partial charge in [0.15, 0.2) is 17.3 Å². The molecule has 10 nitrogen and oxygen atoms in total. The van der Waals surface area contributed by atoms with Gasteiger partial charge in [-0.1, -0.05) is 0 Å². The minimum absolute atomic E-state index is 0.0472. The molecule has 2 N–H and O–H groups in total. The van der Waals surface area contributed by atoms with Gasteiger partial charge in [-0.2, -0.15) is 0 Å². The molecule has 1 heterocycles. The highest BCUT2D eigenvalue weighted by atomic mass is 16.6. The van der Waals surface area contributed by atoms with Crippen LogP contribution in [-0.4, -0.2) is 35.1 Å². The molecular weight excluding hydrogens is 306 g/mol. The Labute approximate surface area is 130 Å². The number of amides is 2. The van der Waals surface area contributed by atoms with Crippen molar-refractivity contribution >= 4 is 23.2 Å². The zero-order valence-electron chi connectivity index (χ0n) is 12.3. The van der Waals surface area contributed by atoms with E-state index in [0.29, 0.717) is 0 Å². The number of carbonyl (C=O) groups excluding carboxylic acids is 1. The van der Waals surface area contributed by atoms with Gasteiger partial charge in [-0.3, -0.25) is 20.4 Å². The molecule has 0 radical (unpaired) electrons. The first-order chi connectivity index (χ1) is 11.0. The minimum atomic E-state index is -0.708. The number of benzene rings is 1. The second kappa shape index (κ2) is 7.02. The third kappa shape index (κ3) is 3.81. The number of nitro groups is 1. The van der Waals surface area contributed by atoms with Crippen LogP contribution in [0.15, 0.2) is 30.7 Å². The van der Waals surface area contributed by atoms with Crippen molar-refractivity contribution in [2.75, 3.05) is 24.9 Å². The Bertz CT molecular complexity index is 722. The average molecular weight is 319 g/mol. The van der Waals surface area contributed by atoms with Crippen LogP contribution in [0.25, 0.3) is 0 Å². The maximum atomic E-state index is 11.9. The number of hydrogen-bond acceptors (Lipinski definition) is 7. The zero-order chi connectivity index (χ0) is 16.8. The van der Waals surface area contributed by atoms with E-state index in [2.05, 4.69) is 20.6 Å². The lowest BCUT2D eigenvalue weighted by atomic mass is 10.2. The van der Waals surface area contributed by atoms with Gasteiger partial charge in [0, 0.05) is 18.5 Å². The molecule has 0 saturated heterocycles. The molecule has 1 aromatic carbocycles. The molecular formula is C13H13N5O5. The summed E-state index contributed by atoms with van der Waals surface area (Å²) in [6, 6.07) is 1.75. The van der Waals surface area contributed by atoms with E-state index in [0.717, 1.165) is 6.07 Å². The van der Waals surface area contributed by atoms with Crippen molar-refractivity contribution < 1.29 is 19.2 Å². The van der Waals surface area contributed by atoms with Gasteiger partial charge in [-0.15, -0.1) is 0 Å².